The first-order valence-electron chi connectivity index (χ1n) is 10.7. The standard InChI is InChI=1S/C23H28N4O4/c1-14(2)12-27-22(31)24-21(30)23(27)7-9-26(10-8-23)20(29)17-13-25(4)18-6-5-15(3)11-16(18)19(17)28/h5-6,11,13-14H,7-10,12H2,1-4H3,(H,24,30,31). The fraction of sp³-hybridized carbons (Fsp3) is 0.478. The molecule has 2 aliphatic rings. The molecule has 0 atom stereocenters. The van der Waals surface area contributed by atoms with Gasteiger partial charge >= 0.3 is 6.03 Å². The number of aryl methyl sites for hydroxylation is 2. The molecule has 0 bridgehead atoms. The number of imide groups is 1. The van der Waals surface area contributed by atoms with Gasteiger partial charge in [-0.1, -0.05) is 25.5 Å². The number of nitrogens with zero attached hydrogens (tertiary/aromatic N) is 3. The molecule has 2 aromatic rings. The number of amides is 4. The number of benzene rings is 1. The van der Waals surface area contributed by atoms with E-state index in [4.69, 9.17) is 0 Å². The molecule has 2 fully saturated rings. The van der Waals surface area contributed by atoms with Gasteiger partial charge in [-0.25, -0.2) is 4.79 Å². The van der Waals surface area contributed by atoms with Gasteiger partial charge in [-0.2, -0.15) is 0 Å². The predicted molar refractivity (Wildman–Crippen MR) is 117 cm³/mol. The van der Waals surface area contributed by atoms with E-state index in [1.165, 1.54) is 0 Å². The lowest BCUT2D eigenvalue weighted by Crippen LogP contribution is -2.58. The van der Waals surface area contributed by atoms with E-state index in [0.717, 1.165) is 11.1 Å². The lowest BCUT2D eigenvalue weighted by atomic mass is 9.85. The SMILES string of the molecule is Cc1ccc2c(c1)c(=O)c(C(=O)N1CCC3(CC1)C(=O)NC(=O)N3CC(C)C)cn2C. The number of piperidine rings is 1. The summed E-state index contributed by atoms with van der Waals surface area (Å²) in [6, 6.07) is 5.25. The normalized spacial score (nSPS) is 18.4. The third-order valence-corrected chi connectivity index (χ3v) is 6.40. The summed E-state index contributed by atoms with van der Waals surface area (Å²) in [5, 5.41) is 2.96. The molecule has 1 aromatic heterocycles. The molecule has 1 N–H and O–H groups in total. The first-order valence-corrected chi connectivity index (χ1v) is 10.7. The van der Waals surface area contributed by atoms with Gasteiger partial charge in [0.05, 0.1) is 5.52 Å². The second-order valence-electron chi connectivity index (χ2n) is 9.09. The molecule has 8 heteroatoms. The summed E-state index contributed by atoms with van der Waals surface area (Å²) in [6.07, 6.45) is 2.30. The minimum absolute atomic E-state index is 0.127. The molecule has 0 radical (unpaired) electrons. The van der Waals surface area contributed by atoms with Crippen LogP contribution < -0.4 is 10.7 Å². The molecule has 0 unspecified atom stereocenters. The number of rotatable bonds is 3. The lowest BCUT2D eigenvalue weighted by Gasteiger charge is -2.42. The van der Waals surface area contributed by atoms with Crippen LogP contribution in [0.5, 0.6) is 0 Å². The highest BCUT2D eigenvalue weighted by atomic mass is 16.2. The maximum atomic E-state index is 13.2. The molecular weight excluding hydrogens is 396 g/mol. The highest BCUT2D eigenvalue weighted by molar-refractivity contribution is 6.07. The number of pyridine rings is 1. The number of likely N-dealkylation sites (tertiary alicyclic amines) is 1. The van der Waals surface area contributed by atoms with E-state index in [2.05, 4.69) is 5.32 Å². The van der Waals surface area contributed by atoms with Crippen molar-refractivity contribution < 1.29 is 14.4 Å². The summed E-state index contributed by atoms with van der Waals surface area (Å²) in [6.45, 7) is 7.01. The number of nitrogens with one attached hydrogen (secondary N) is 1. The molecule has 4 amide bonds. The average Bonchev–Trinajstić information content (AvgIpc) is 2.94. The summed E-state index contributed by atoms with van der Waals surface area (Å²) in [5.74, 6) is -0.404. The van der Waals surface area contributed by atoms with Gasteiger partial charge < -0.3 is 14.4 Å². The van der Waals surface area contributed by atoms with Crippen molar-refractivity contribution in [2.24, 2.45) is 13.0 Å². The van der Waals surface area contributed by atoms with Gasteiger partial charge in [0.15, 0.2) is 0 Å². The quantitative estimate of drug-likeness (QED) is 0.764. The number of hydrogen-bond acceptors (Lipinski definition) is 4. The number of carbonyl (C=O) groups excluding carboxylic acids is 3. The van der Waals surface area contributed by atoms with E-state index in [1.807, 2.05) is 40.0 Å². The van der Waals surface area contributed by atoms with Gasteiger partial charge in [0, 0.05) is 38.3 Å². The Hall–Kier alpha value is -3.16. The fourth-order valence-corrected chi connectivity index (χ4v) is 4.73. The number of aromatic nitrogens is 1. The van der Waals surface area contributed by atoms with Crippen molar-refractivity contribution in [3.05, 3.63) is 45.7 Å². The van der Waals surface area contributed by atoms with Crippen molar-refractivity contribution in [3.8, 4) is 0 Å². The summed E-state index contributed by atoms with van der Waals surface area (Å²) in [4.78, 5) is 54.5. The van der Waals surface area contributed by atoms with E-state index in [9.17, 15) is 19.2 Å². The Labute approximate surface area is 180 Å². The largest absolute Gasteiger partial charge is 0.350 e. The highest BCUT2D eigenvalue weighted by Crippen LogP contribution is 2.34. The van der Waals surface area contributed by atoms with Crippen LogP contribution in [-0.2, 0) is 11.8 Å². The van der Waals surface area contributed by atoms with Crippen molar-refractivity contribution in [1.82, 2.24) is 19.7 Å². The molecule has 164 valence electrons. The van der Waals surface area contributed by atoms with Crippen LogP contribution >= 0.6 is 0 Å². The Bertz CT molecular complexity index is 1140. The first kappa shape index (κ1) is 21.1. The maximum absolute atomic E-state index is 13.2. The van der Waals surface area contributed by atoms with E-state index < -0.39 is 5.54 Å². The van der Waals surface area contributed by atoms with Crippen molar-refractivity contribution in [2.45, 2.75) is 39.2 Å². The van der Waals surface area contributed by atoms with Crippen LogP contribution in [-0.4, -0.2) is 57.4 Å². The smallest absolute Gasteiger partial charge is 0.325 e. The van der Waals surface area contributed by atoms with E-state index >= 15 is 0 Å². The van der Waals surface area contributed by atoms with Crippen LogP contribution in [0.15, 0.2) is 29.2 Å². The third kappa shape index (κ3) is 3.40. The number of fused-ring (bicyclic) bond motifs is 1. The summed E-state index contributed by atoms with van der Waals surface area (Å²) in [5.41, 5.74) is 0.662. The predicted octanol–water partition coefficient (Wildman–Crippen LogP) is 2.03. The second kappa shape index (κ2) is 7.51. The van der Waals surface area contributed by atoms with Gasteiger partial charge in [0.1, 0.15) is 11.1 Å². The average molecular weight is 425 g/mol. The van der Waals surface area contributed by atoms with Gasteiger partial charge in [-0.05, 0) is 37.8 Å². The van der Waals surface area contributed by atoms with Crippen LogP contribution in [0.25, 0.3) is 10.9 Å². The van der Waals surface area contributed by atoms with Crippen LogP contribution in [0.2, 0.25) is 0 Å². The molecule has 4 rings (SSSR count). The van der Waals surface area contributed by atoms with Gasteiger partial charge in [0.25, 0.3) is 11.8 Å². The Morgan fingerprint density at radius 2 is 1.84 bits per heavy atom. The molecule has 3 heterocycles. The topological polar surface area (TPSA) is 91.7 Å². The van der Waals surface area contributed by atoms with E-state index in [1.54, 1.807) is 26.6 Å². The number of urea groups is 1. The molecule has 31 heavy (non-hydrogen) atoms. The molecule has 0 saturated carbocycles. The van der Waals surface area contributed by atoms with E-state index in [0.29, 0.717) is 37.9 Å². The van der Waals surface area contributed by atoms with Crippen molar-refractivity contribution >= 4 is 28.7 Å². The Morgan fingerprint density at radius 1 is 1.16 bits per heavy atom. The molecular formula is C23H28N4O4. The monoisotopic (exact) mass is 424 g/mol. The minimum Gasteiger partial charge on any atom is -0.350 e. The van der Waals surface area contributed by atoms with Crippen LogP contribution in [0.1, 0.15) is 42.6 Å². The Morgan fingerprint density at radius 3 is 2.48 bits per heavy atom. The van der Waals surface area contributed by atoms with Crippen LogP contribution in [0.3, 0.4) is 0 Å². The second-order valence-corrected chi connectivity index (χ2v) is 9.09. The zero-order valence-electron chi connectivity index (χ0n) is 18.4. The Balaban J connectivity index is 1.60. The first-order chi connectivity index (χ1) is 14.6. The fourth-order valence-electron chi connectivity index (χ4n) is 4.73. The Kier molecular flexibility index (Phi) is 5.11. The summed E-state index contributed by atoms with van der Waals surface area (Å²) < 4.78 is 1.79. The molecule has 1 aromatic carbocycles. The van der Waals surface area contributed by atoms with Crippen LogP contribution in [0.4, 0.5) is 4.79 Å². The molecule has 2 aliphatic heterocycles. The zero-order valence-corrected chi connectivity index (χ0v) is 18.4. The molecule has 0 aliphatic carbocycles. The lowest BCUT2D eigenvalue weighted by molar-refractivity contribution is -0.129. The maximum Gasteiger partial charge on any atom is 0.325 e. The number of hydrogen-bond donors (Lipinski definition) is 1. The minimum atomic E-state index is -0.913. The molecule has 8 nitrogen and oxygen atoms in total. The zero-order chi connectivity index (χ0) is 22.5. The van der Waals surface area contributed by atoms with Gasteiger partial charge in [-0.15, -0.1) is 0 Å². The number of carbonyl (C=O) groups is 3. The van der Waals surface area contributed by atoms with Gasteiger partial charge in [-0.3, -0.25) is 19.7 Å². The van der Waals surface area contributed by atoms with Crippen molar-refractivity contribution in [2.75, 3.05) is 19.6 Å². The van der Waals surface area contributed by atoms with Crippen molar-refractivity contribution in [1.29, 1.82) is 0 Å². The van der Waals surface area contributed by atoms with Crippen LogP contribution in [0, 0.1) is 12.8 Å². The summed E-state index contributed by atoms with van der Waals surface area (Å²) in [7, 11) is 1.82. The van der Waals surface area contributed by atoms with E-state index in [-0.39, 0.29) is 34.8 Å². The highest BCUT2D eigenvalue weighted by Gasteiger charge is 2.54. The molecule has 1 spiro atoms. The van der Waals surface area contributed by atoms with Gasteiger partial charge in [0.2, 0.25) is 5.43 Å². The molecule has 2 saturated heterocycles. The van der Waals surface area contributed by atoms with Crippen molar-refractivity contribution in [3.63, 3.8) is 0 Å². The third-order valence-electron chi connectivity index (χ3n) is 6.40. The summed E-state index contributed by atoms with van der Waals surface area (Å²) >= 11 is 0.